The van der Waals surface area contributed by atoms with E-state index in [9.17, 15) is 19.5 Å². The zero-order valence-electron chi connectivity index (χ0n) is 15.8. The Hall–Kier alpha value is -2.57. The number of hydrogen-bond acceptors (Lipinski definition) is 4. The second-order valence-electron chi connectivity index (χ2n) is 7.03. The minimum absolute atomic E-state index is 0.170. The van der Waals surface area contributed by atoms with Gasteiger partial charge < -0.3 is 20.2 Å². The lowest BCUT2D eigenvalue weighted by molar-refractivity contribution is -0.147. The number of carbonyl (C=O) groups excluding carboxylic acids is 2. The van der Waals surface area contributed by atoms with Crippen molar-refractivity contribution >= 4 is 23.5 Å². The molecule has 1 aromatic rings. The Kier molecular flexibility index (Phi) is 5.90. The first-order chi connectivity index (χ1) is 12.2. The second-order valence-corrected chi connectivity index (χ2v) is 7.03. The number of nitrogens with zero attached hydrogens (tertiary/aromatic N) is 2. The van der Waals surface area contributed by atoms with Crippen LogP contribution in [0.4, 0.5) is 5.69 Å². The van der Waals surface area contributed by atoms with Crippen LogP contribution in [-0.4, -0.2) is 61.5 Å². The number of benzene rings is 1. The standard InChI is InChI=1S/C19H27N3O4/c1-5-22(4)14-8-6-13(7-9-14)12-15(16(23)24)20-17(25)19(10-11-19)18(26)21(2)3/h6-9,15H,5,10-12H2,1-4H3,(H,20,25)(H,23,24). The van der Waals surface area contributed by atoms with Gasteiger partial charge in [-0.05, 0) is 37.5 Å². The van der Waals surface area contributed by atoms with Gasteiger partial charge in [0.05, 0.1) is 0 Å². The molecule has 0 spiro atoms. The van der Waals surface area contributed by atoms with Crippen LogP contribution < -0.4 is 10.2 Å². The molecule has 0 heterocycles. The number of rotatable bonds is 8. The average molecular weight is 361 g/mol. The second kappa shape index (κ2) is 7.76. The molecule has 0 bridgehead atoms. The van der Waals surface area contributed by atoms with Crippen molar-refractivity contribution in [2.45, 2.75) is 32.2 Å². The zero-order valence-corrected chi connectivity index (χ0v) is 15.8. The third kappa shape index (κ3) is 4.15. The van der Waals surface area contributed by atoms with Gasteiger partial charge in [-0.2, -0.15) is 0 Å². The van der Waals surface area contributed by atoms with Crippen molar-refractivity contribution < 1.29 is 19.5 Å². The normalized spacial score (nSPS) is 15.7. The fourth-order valence-electron chi connectivity index (χ4n) is 2.89. The first-order valence-corrected chi connectivity index (χ1v) is 8.77. The van der Waals surface area contributed by atoms with E-state index in [1.54, 1.807) is 14.1 Å². The van der Waals surface area contributed by atoms with Crippen LogP contribution in [0.1, 0.15) is 25.3 Å². The Morgan fingerprint density at radius 3 is 2.15 bits per heavy atom. The molecule has 2 rings (SSSR count). The van der Waals surface area contributed by atoms with E-state index in [-0.39, 0.29) is 12.3 Å². The number of carboxylic acid groups (broad SMARTS) is 1. The van der Waals surface area contributed by atoms with Crippen molar-refractivity contribution in [3.8, 4) is 0 Å². The number of nitrogens with one attached hydrogen (secondary N) is 1. The Bertz CT molecular complexity index is 681. The minimum Gasteiger partial charge on any atom is -0.480 e. The van der Waals surface area contributed by atoms with E-state index < -0.39 is 23.3 Å². The van der Waals surface area contributed by atoms with Gasteiger partial charge in [-0.1, -0.05) is 12.1 Å². The summed E-state index contributed by atoms with van der Waals surface area (Å²) in [6, 6.07) is 6.52. The summed E-state index contributed by atoms with van der Waals surface area (Å²) in [5.74, 6) is -1.88. The molecule has 1 unspecified atom stereocenters. The van der Waals surface area contributed by atoms with Gasteiger partial charge in [0.25, 0.3) is 0 Å². The van der Waals surface area contributed by atoms with Gasteiger partial charge in [0.15, 0.2) is 0 Å². The lowest BCUT2D eigenvalue weighted by Crippen LogP contribution is -2.49. The highest BCUT2D eigenvalue weighted by molar-refractivity contribution is 6.08. The van der Waals surface area contributed by atoms with Crippen LogP contribution in [0.2, 0.25) is 0 Å². The molecule has 1 atom stereocenters. The summed E-state index contributed by atoms with van der Waals surface area (Å²) in [4.78, 5) is 39.8. The molecule has 0 aliphatic heterocycles. The lowest BCUT2D eigenvalue weighted by Gasteiger charge is -2.22. The monoisotopic (exact) mass is 361 g/mol. The van der Waals surface area contributed by atoms with Gasteiger partial charge in [-0.25, -0.2) is 4.79 Å². The van der Waals surface area contributed by atoms with E-state index in [0.717, 1.165) is 17.8 Å². The lowest BCUT2D eigenvalue weighted by atomic mass is 10.0. The average Bonchev–Trinajstić information content (AvgIpc) is 3.42. The van der Waals surface area contributed by atoms with Gasteiger partial charge in [0.1, 0.15) is 11.5 Å². The van der Waals surface area contributed by atoms with E-state index in [1.807, 2.05) is 38.2 Å². The number of amides is 2. The number of aliphatic carboxylic acids is 1. The molecule has 1 aromatic carbocycles. The van der Waals surface area contributed by atoms with Crippen molar-refractivity contribution in [1.29, 1.82) is 0 Å². The van der Waals surface area contributed by atoms with Crippen LogP contribution in [0.3, 0.4) is 0 Å². The molecular formula is C19H27N3O4. The molecular weight excluding hydrogens is 334 g/mol. The van der Waals surface area contributed by atoms with E-state index in [0.29, 0.717) is 12.8 Å². The van der Waals surface area contributed by atoms with Gasteiger partial charge in [-0.3, -0.25) is 9.59 Å². The summed E-state index contributed by atoms with van der Waals surface area (Å²) in [7, 11) is 5.17. The van der Waals surface area contributed by atoms with Crippen molar-refractivity contribution in [3.63, 3.8) is 0 Å². The molecule has 1 aliphatic carbocycles. The Morgan fingerprint density at radius 1 is 1.15 bits per heavy atom. The molecule has 0 radical (unpaired) electrons. The van der Waals surface area contributed by atoms with Crippen molar-refractivity contribution in [3.05, 3.63) is 29.8 Å². The predicted molar refractivity (Wildman–Crippen MR) is 99.0 cm³/mol. The van der Waals surface area contributed by atoms with Crippen LogP contribution in [-0.2, 0) is 20.8 Å². The highest BCUT2D eigenvalue weighted by atomic mass is 16.4. The summed E-state index contributed by atoms with van der Waals surface area (Å²) in [5, 5.41) is 12.0. The molecule has 1 saturated carbocycles. The molecule has 1 aliphatic rings. The Labute approximate surface area is 154 Å². The van der Waals surface area contributed by atoms with Gasteiger partial charge >= 0.3 is 5.97 Å². The topological polar surface area (TPSA) is 90.0 Å². The number of carboxylic acids is 1. The SMILES string of the molecule is CCN(C)c1ccc(CC(NC(=O)C2(C(=O)N(C)C)CC2)C(=O)O)cc1. The van der Waals surface area contributed by atoms with Gasteiger partial charge in [0, 0.05) is 39.8 Å². The maximum absolute atomic E-state index is 12.5. The summed E-state index contributed by atoms with van der Waals surface area (Å²) < 4.78 is 0. The number of anilines is 1. The van der Waals surface area contributed by atoms with Crippen molar-refractivity contribution in [2.75, 3.05) is 32.6 Å². The molecule has 26 heavy (non-hydrogen) atoms. The first kappa shape index (κ1) is 19.8. The number of carbonyl (C=O) groups is 3. The fourth-order valence-corrected chi connectivity index (χ4v) is 2.89. The Balaban J connectivity index is 2.07. The summed E-state index contributed by atoms with van der Waals surface area (Å²) in [5.41, 5.74) is 0.764. The zero-order chi connectivity index (χ0) is 19.5. The molecule has 0 aromatic heterocycles. The molecule has 0 saturated heterocycles. The minimum atomic E-state index is -1.11. The smallest absolute Gasteiger partial charge is 0.326 e. The highest BCUT2D eigenvalue weighted by Gasteiger charge is 2.57. The van der Waals surface area contributed by atoms with E-state index in [2.05, 4.69) is 10.2 Å². The van der Waals surface area contributed by atoms with Crippen LogP contribution in [0, 0.1) is 5.41 Å². The molecule has 2 N–H and O–H groups in total. The van der Waals surface area contributed by atoms with Crippen LogP contribution in [0.5, 0.6) is 0 Å². The molecule has 7 heteroatoms. The maximum atomic E-state index is 12.5. The van der Waals surface area contributed by atoms with Crippen LogP contribution >= 0.6 is 0 Å². The third-order valence-corrected chi connectivity index (χ3v) is 4.89. The van der Waals surface area contributed by atoms with Crippen LogP contribution in [0.25, 0.3) is 0 Å². The largest absolute Gasteiger partial charge is 0.480 e. The summed E-state index contributed by atoms with van der Waals surface area (Å²) >= 11 is 0. The predicted octanol–water partition coefficient (Wildman–Crippen LogP) is 1.12. The third-order valence-electron chi connectivity index (χ3n) is 4.89. The summed E-state index contributed by atoms with van der Waals surface area (Å²) in [6.45, 7) is 2.92. The fraction of sp³-hybridized carbons (Fsp3) is 0.526. The van der Waals surface area contributed by atoms with Gasteiger partial charge in [0.2, 0.25) is 11.8 Å². The molecule has 142 valence electrons. The highest BCUT2D eigenvalue weighted by Crippen LogP contribution is 2.47. The van der Waals surface area contributed by atoms with Crippen molar-refractivity contribution in [1.82, 2.24) is 10.2 Å². The van der Waals surface area contributed by atoms with Crippen molar-refractivity contribution in [2.24, 2.45) is 5.41 Å². The van der Waals surface area contributed by atoms with E-state index >= 15 is 0 Å². The first-order valence-electron chi connectivity index (χ1n) is 8.77. The molecule has 2 amide bonds. The number of hydrogen-bond donors (Lipinski definition) is 2. The maximum Gasteiger partial charge on any atom is 0.326 e. The molecule has 7 nitrogen and oxygen atoms in total. The molecule has 1 fully saturated rings. The van der Waals surface area contributed by atoms with Gasteiger partial charge in [-0.15, -0.1) is 0 Å². The quantitative estimate of drug-likeness (QED) is 0.678. The summed E-state index contributed by atoms with van der Waals surface area (Å²) in [6.07, 6.45) is 1.09. The Morgan fingerprint density at radius 2 is 1.73 bits per heavy atom. The van der Waals surface area contributed by atoms with Crippen LogP contribution in [0.15, 0.2) is 24.3 Å². The van der Waals surface area contributed by atoms with E-state index in [1.165, 1.54) is 4.90 Å². The van der Waals surface area contributed by atoms with E-state index in [4.69, 9.17) is 0 Å².